The molecule has 3 aliphatic rings. The zero-order valence-corrected chi connectivity index (χ0v) is 25.4. The second-order valence-electron chi connectivity index (χ2n) is 9.89. The molecule has 10 atom stereocenters. The molecule has 3 fully saturated rings. The number of hydrogen-bond donors (Lipinski definition) is 5. The lowest BCUT2D eigenvalue weighted by Gasteiger charge is -2.27. The average molecular weight is 692 g/mol. The van der Waals surface area contributed by atoms with E-state index in [0.29, 0.717) is 0 Å². The van der Waals surface area contributed by atoms with Crippen molar-refractivity contribution in [2.24, 2.45) is 0 Å². The predicted octanol–water partition coefficient (Wildman–Crippen LogP) is -1.10. The maximum atomic E-state index is 13.5. The van der Waals surface area contributed by atoms with Crippen molar-refractivity contribution in [3.8, 4) is 0 Å². The van der Waals surface area contributed by atoms with Crippen molar-refractivity contribution in [2.45, 2.75) is 49.1 Å². The lowest BCUT2D eigenvalue weighted by molar-refractivity contribution is -0.0605. The number of aliphatic hydroxyl groups excluding tert-OH is 2. The molecular weight excluding hydrogens is 668 g/mol. The third-order valence-electron chi connectivity index (χ3n) is 7.22. The maximum absolute atomic E-state index is 13.5. The molecule has 0 spiro atoms. The molecule has 0 aromatic carbocycles. The van der Waals surface area contributed by atoms with Crippen LogP contribution in [-0.4, -0.2) is 103 Å². The van der Waals surface area contributed by atoms with Crippen molar-refractivity contribution >= 4 is 60.3 Å². The van der Waals surface area contributed by atoms with Crippen LogP contribution >= 0.6 is 25.8 Å². The standard InChI is InChI=1S/C20H23N9O11P2S2/c21-15-10-16(24-5-23-15)28(6-25-10)18-14-11(30)8(37-18)3-35-41(33,43)39-13-9(4-36-42(34,44)40-14)38-17(12(13)31)29-7-26-19-22-1-2-27(19)20(29)32/h1-2,5-9,11-14,17-18,30-31H,3-4H2,(H,33,43)(H,34,44)(H2,21,23,24)/t8-,9-,11-,12-,13-,14-,17-,18-,41?,42?/m1/s1. The largest absolute Gasteiger partial charge is 0.387 e. The SMILES string of the molecule is Nc1ncnc2c1ncn2[C@@H]1O[C@@H]2COP(O)(=S)O[C@H]3[C@@H](O)[C@H](n4cnc5nccn5c4=O)O[C@@H]3COP(=O)(S)O[C@@H]1[C@@H]2O. The van der Waals surface area contributed by atoms with Crippen molar-refractivity contribution < 1.29 is 47.2 Å². The molecular formula is C20H23N9O11P2S2. The number of thiol groups is 1. The third-order valence-corrected chi connectivity index (χ3v) is 10.4. The Morgan fingerprint density at radius 2 is 1.70 bits per heavy atom. The number of aliphatic hydroxyl groups is 2. The molecule has 5 N–H and O–H groups in total. The monoisotopic (exact) mass is 691 g/mol. The van der Waals surface area contributed by atoms with Crippen molar-refractivity contribution in [2.75, 3.05) is 18.9 Å². The number of ether oxygens (including phenoxy) is 2. The summed E-state index contributed by atoms with van der Waals surface area (Å²) in [5, 5.41) is 22.3. The van der Waals surface area contributed by atoms with Crippen LogP contribution in [-0.2, 0) is 43.9 Å². The second kappa shape index (κ2) is 11.1. The smallest absolute Gasteiger partial charge is 0.386 e. The summed E-state index contributed by atoms with van der Waals surface area (Å²) in [6.07, 6.45) is -4.73. The second-order valence-corrected chi connectivity index (χ2v) is 15.6. The van der Waals surface area contributed by atoms with Crippen LogP contribution in [0.4, 0.5) is 5.82 Å². The number of nitrogen functional groups attached to an aromatic ring is 1. The summed E-state index contributed by atoms with van der Waals surface area (Å²) in [4.78, 5) is 44.2. The number of fused-ring (bicyclic) bond motifs is 5. The van der Waals surface area contributed by atoms with E-state index in [-0.39, 0.29) is 22.8 Å². The van der Waals surface area contributed by atoms with E-state index in [1.54, 1.807) is 0 Å². The van der Waals surface area contributed by atoms with Gasteiger partial charge in [0.15, 0.2) is 23.9 Å². The highest BCUT2D eigenvalue weighted by Gasteiger charge is 2.53. The van der Waals surface area contributed by atoms with E-state index >= 15 is 0 Å². The maximum Gasteiger partial charge on any atom is 0.386 e. The first-order valence-corrected chi connectivity index (χ1v) is 18.0. The first kappa shape index (κ1) is 30.2. The van der Waals surface area contributed by atoms with Gasteiger partial charge in [-0.15, -0.1) is 0 Å². The van der Waals surface area contributed by atoms with Gasteiger partial charge in [0.05, 0.1) is 19.5 Å². The Labute approximate surface area is 255 Å². The van der Waals surface area contributed by atoms with Crippen LogP contribution in [0.3, 0.4) is 0 Å². The van der Waals surface area contributed by atoms with Gasteiger partial charge in [0, 0.05) is 12.4 Å². The molecule has 0 aliphatic carbocycles. The molecule has 3 aliphatic heterocycles. The zero-order chi connectivity index (χ0) is 31.0. The van der Waals surface area contributed by atoms with Crippen molar-refractivity contribution in [1.29, 1.82) is 0 Å². The molecule has 24 heteroatoms. The Balaban J connectivity index is 1.20. The van der Waals surface area contributed by atoms with E-state index in [0.717, 1.165) is 15.3 Å². The summed E-state index contributed by atoms with van der Waals surface area (Å²) in [5.41, 5.74) is 5.70. The van der Waals surface area contributed by atoms with Crippen molar-refractivity contribution in [3.63, 3.8) is 0 Å². The highest BCUT2D eigenvalue weighted by molar-refractivity contribution is 8.44. The molecule has 236 valence electrons. The molecule has 0 saturated carbocycles. The molecule has 0 radical (unpaired) electrons. The minimum Gasteiger partial charge on any atom is -0.387 e. The summed E-state index contributed by atoms with van der Waals surface area (Å²) in [7, 11) is 0. The van der Waals surface area contributed by atoms with Gasteiger partial charge in [-0.2, -0.15) is 0 Å². The van der Waals surface area contributed by atoms with Crippen LogP contribution in [0.15, 0.2) is 36.2 Å². The topological polar surface area (TPSA) is 255 Å². The van der Waals surface area contributed by atoms with Gasteiger partial charge in [0.25, 0.3) is 0 Å². The predicted molar refractivity (Wildman–Crippen MR) is 152 cm³/mol. The quantitative estimate of drug-likeness (QED) is 0.123. The third kappa shape index (κ3) is 5.28. The minimum atomic E-state index is -4.34. The van der Waals surface area contributed by atoms with E-state index in [9.17, 15) is 24.5 Å². The van der Waals surface area contributed by atoms with Crippen LogP contribution in [0.5, 0.6) is 0 Å². The van der Waals surface area contributed by atoms with Gasteiger partial charge in [-0.1, -0.05) is 12.2 Å². The van der Waals surface area contributed by atoms with Crippen molar-refractivity contribution in [3.05, 3.63) is 41.9 Å². The number of aromatic nitrogens is 8. The molecule has 2 bridgehead atoms. The van der Waals surface area contributed by atoms with Crippen molar-refractivity contribution in [1.82, 2.24) is 38.5 Å². The van der Waals surface area contributed by atoms with E-state index in [1.165, 1.54) is 29.6 Å². The first-order valence-electron chi connectivity index (χ1n) is 12.7. The number of anilines is 1. The summed E-state index contributed by atoms with van der Waals surface area (Å²) >= 11 is 9.27. The van der Waals surface area contributed by atoms with E-state index in [2.05, 4.69) is 37.2 Å². The summed E-state index contributed by atoms with van der Waals surface area (Å²) in [5.74, 6) is 0.202. The van der Waals surface area contributed by atoms with Gasteiger partial charge in [0.1, 0.15) is 54.8 Å². The van der Waals surface area contributed by atoms with Crippen LogP contribution in [0, 0.1) is 0 Å². The van der Waals surface area contributed by atoms with Crippen LogP contribution in [0.25, 0.3) is 16.9 Å². The summed E-state index contributed by atoms with van der Waals surface area (Å²) in [6, 6.07) is 0. The lowest BCUT2D eigenvalue weighted by atomic mass is 10.1. The minimum absolute atomic E-state index is 0.0858. The molecule has 2 unspecified atom stereocenters. The van der Waals surface area contributed by atoms with Crippen LogP contribution in [0.2, 0.25) is 0 Å². The van der Waals surface area contributed by atoms with E-state index in [4.69, 9.17) is 45.1 Å². The molecule has 20 nitrogen and oxygen atoms in total. The van der Waals surface area contributed by atoms with Gasteiger partial charge in [-0.05, 0) is 11.8 Å². The molecule has 7 rings (SSSR count). The lowest BCUT2D eigenvalue weighted by Crippen LogP contribution is -2.38. The Kier molecular flexibility index (Phi) is 7.64. The Morgan fingerprint density at radius 3 is 2.52 bits per heavy atom. The number of nitrogens with two attached hydrogens (primary N) is 1. The fraction of sp³-hybridized carbons (Fsp3) is 0.500. The van der Waals surface area contributed by atoms with Gasteiger partial charge in [-0.3, -0.25) is 22.7 Å². The number of imidazole rings is 2. The summed E-state index contributed by atoms with van der Waals surface area (Å²) < 4.78 is 51.2. The normalized spacial score (nSPS) is 38.3. The summed E-state index contributed by atoms with van der Waals surface area (Å²) in [6.45, 7) is -9.65. The van der Waals surface area contributed by atoms with E-state index < -0.39 is 81.5 Å². The van der Waals surface area contributed by atoms with Gasteiger partial charge < -0.3 is 34.8 Å². The Bertz CT molecular complexity index is 1890. The average Bonchev–Trinajstić information content (AvgIpc) is 3.74. The fourth-order valence-corrected chi connectivity index (χ4v) is 8.07. The fourth-order valence-electron chi connectivity index (χ4n) is 5.17. The zero-order valence-electron chi connectivity index (χ0n) is 21.9. The molecule has 44 heavy (non-hydrogen) atoms. The van der Waals surface area contributed by atoms with Crippen LogP contribution in [0.1, 0.15) is 12.5 Å². The molecule has 7 heterocycles. The molecule has 4 aromatic heterocycles. The number of rotatable bonds is 2. The highest BCUT2D eigenvalue weighted by atomic mass is 32.7. The number of nitrogens with zero attached hydrogens (tertiary/aromatic N) is 8. The Hall–Kier alpha value is -2.43. The molecule has 0 amide bonds. The molecule has 4 aromatic rings. The number of hydrogen-bond acceptors (Lipinski definition) is 17. The first-order chi connectivity index (χ1) is 20.9. The Morgan fingerprint density at radius 1 is 0.955 bits per heavy atom. The van der Waals surface area contributed by atoms with Gasteiger partial charge >= 0.3 is 19.2 Å². The molecule has 3 saturated heterocycles. The van der Waals surface area contributed by atoms with Crippen LogP contribution < -0.4 is 11.4 Å². The highest BCUT2D eigenvalue weighted by Crippen LogP contribution is 2.58. The van der Waals surface area contributed by atoms with E-state index in [1.807, 2.05) is 0 Å². The van der Waals surface area contributed by atoms with Gasteiger partial charge in [0.2, 0.25) is 5.78 Å². The van der Waals surface area contributed by atoms with Gasteiger partial charge in [-0.25, -0.2) is 38.7 Å².